The van der Waals surface area contributed by atoms with Gasteiger partial charge in [0.25, 0.3) is 5.56 Å². The lowest BCUT2D eigenvalue weighted by Crippen LogP contribution is -2.40. The van der Waals surface area contributed by atoms with Crippen molar-refractivity contribution >= 4 is 26.8 Å². The standard InChI is InChI=1S/C41H38F2N6O6S/c1-54-38-5-3-2-4-33(38)28-8-13-34-36(23-28)45-40(49(41(34)51)31-9-11-32(12-10-31)56(52,53)48-16-18-55-19-17-48)37(22-26-20-29(42)24-30(43)21-26)44-39(50)25-47-15-14-35(46-47)27-6-7-27/h2-5,8-15,20-21,23-24,27,37H,6-7,16-19,22,25H2,1H3,(H,44,50). The molecule has 56 heavy (non-hydrogen) atoms. The Kier molecular flexibility index (Phi) is 10.2. The molecule has 1 N–H and O–H groups in total. The molecule has 12 nitrogen and oxygen atoms in total. The molecule has 1 aliphatic carbocycles. The zero-order valence-corrected chi connectivity index (χ0v) is 31.2. The van der Waals surface area contributed by atoms with Crippen molar-refractivity contribution in [3.63, 3.8) is 0 Å². The van der Waals surface area contributed by atoms with E-state index in [9.17, 15) is 26.8 Å². The molecule has 1 saturated heterocycles. The number of methoxy groups -OCH3 is 1. The monoisotopic (exact) mass is 780 g/mol. The van der Waals surface area contributed by atoms with E-state index in [0.717, 1.165) is 42.3 Å². The highest BCUT2D eigenvalue weighted by atomic mass is 32.2. The number of morpholine rings is 1. The summed E-state index contributed by atoms with van der Waals surface area (Å²) in [6, 6.07) is 22.2. The van der Waals surface area contributed by atoms with E-state index < -0.39 is 39.2 Å². The van der Waals surface area contributed by atoms with Gasteiger partial charge in [0.15, 0.2) is 0 Å². The SMILES string of the molecule is COc1ccccc1-c1ccc2c(=O)n(-c3ccc(S(=O)(=O)N4CCOCC4)cc3)c(C(Cc3cc(F)cc(F)c3)NC(=O)Cn3ccc(C4CC4)n3)nc2c1. The molecule has 8 rings (SSSR count). The second-order valence-electron chi connectivity index (χ2n) is 13.9. The number of carbonyl (C=O) groups is 1. The lowest BCUT2D eigenvalue weighted by molar-refractivity contribution is -0.122. The summed E-state index contributed by atoms with van der Waals surface area (Å²) in [5.74, 6) is -1.06. The molecule has 1 amide bonds. The number of hydrogen-bond acceptors (Lipinski definition) is 8. The molecule has 6 aromatic rings. The van der Waals surface area contributed by atoms with Gasteiger partial charge in [0.1, 0.15) is 29.8 Å². The second kappa shape index (κ2) is 15.4. The summed E-state index contributed by atoms with van der Waals surface area (Å²) < 4.78 is 71.2. The number of amides is 1. The topological polar surface area (TPSA) is 138 Å². The largest absolute Gasteiger partial charge is 0.496 e. The van der Waals surface area contributed by atoms with Crippen LogP contribution in [0, 0.1) is 11.6 Å². The maximum atomic E-state index is 14.7. The number of nitrogens with one attached hydrogen (secondary N) is 1. The molecule has 3 heterocycles. The second-order valence-corrected chi connectivity index (χ2v) is 15.8. The highest BCUT2D eigenvalue weighted by Crippen LogP contribution is 2.39. The van der Waals surface area contributed by atoms with Gasteiger partial charge >= 0.3 is 0 Å². The number of aromatic nitrogens is 4. The van der Waals surface area contributed by atoms with Gasteiger partial charge in [-0.1, -0.05) is 24.3 Å². The summed E-state index contributed by atoms with van der Waals surface area (Å²) in [5, 5.41) is 7.76. The van der Waals surface area contributed by atoms with E-state index in [4.69, 9.17) is 14.5 Å². The van der Waals surface area contributed by atoms with Gasteiger partial charge in [-0.3, -0.25) is 18.8 Å². The predicted molar refractivity (Wildman–Crippen MR) is 204 cm³/mol. The van der Waals surface area contributed by atoms with E-state index in [1.165, 1.54) is 37.8 Å². The number of halogens is 2. The number of fused-ring (bicyclic) bond motifs is 1. The average Bonchev–Trinajstić information content (AvgIpc) is 3.95. The molecule has 1 unspecified atom stereocenters. The maximum absolute atomic E-state index is 14.7. The number of nitrogens with zero attached hydrogens (tertiary/aromatic N) is 5. The summed E-state index contributed by atoms with van der Waals surface area (Å²) in [4.78, 5) is 33.5. The van der Waals surface area contributed by atoms with E-state index in [1.54, 1.807) is 31.5 Å². The summed E-state index contributed by atoms with van der Waals surface area (Å²) in [6.07, 6.45) is 3.65. The molecule has 4 aromatic carbocycles. The highest BCUT2D eigenvalue weighted by molar-refractivity contribution is 7.89. The first kappa shape index (κ1) is 37.2. The van der Waals surface area contributed by atoms with Crippen LogP contribution in [-0.2, 0) is 32.5 Å². The fourth-order valence-corrected chi connectivity index (χ4v) is 8.47. The third-order valence-corrected chi connectivity index (χ3v) is 11.9. The molecule has 0 spiro atoms. The Hall–Kier alpha value is -5.77. The van der Waals surface area contributed by atoms with E-state index >= 15 is 0 Å². The van der Waals surface area contributed by atoms with Gasteiger partial charge in [0, 0.05) is 43.3 Å². The van der Waals surface area contributed by atoms with Crippen molar-refractivity contribution in [1.29, 1.82) is 0 Å². The van der Waals surface area contributed by atoms with Crippen LogP contribution in [-0.4, -0.2) is 71.4 Å². The van der Waals surface area contributed by atoms with Gasteiger partial charge in [-0.05, 0) is 84.6 Å². The van der Waals surface area contributed by atoms with Crippen LogP contribution in [0.15, 0.2) is 107 Å². The van der Waals surface area contributed by atoms with E-state index in [-0.39, 0.29) is 66.6 Å². The van der Waals surface area contributed by atoms with Crippen molar-refractivity contribution < 1.29 is 31.5 Å². The molecule has 15 heteroatoms. The number of hydrogen-bond donors (Lipinski definition) is 1. The third kappa shape index (κ3) is 7.70. The van der Waals surface area contributed by atoms with Gasteiger partial charge < -0.3 is 14.8 Å². The molecule has 0 radical (unpaired) electrons. The van der Waals surface area contributed by atoms with Crippen molar-refractivity contribution in [2.45, 2.75) is 42.7 Å². The van der Waals surface area contributed by atoms with Crippen LogP contribution in [0.2, 0.25) is 0 Å². The fraction of sp³-hybridized carbons (Fsp3) is 0.268. The first-order chi connectivity index (χ1) is 27.1. The lowest BCUT2D eigenvalue weighted by Gasteiger charge is -2.26. The van der Waals surface area contributed by atoms with Crippen LogP contribution >= 0.6 is 0 Å². The molecule has 2 aromatic heterocycles. The molecule has 288 valence electrons. The molecule has 1 aliphatic heterocycles. The average molecular weight is 781 g/mol. The Labute approximate surface area is 321 Å². The zero-order chi connectivity index (χ0) is 39.0. The van der Waals surface area contributed by atoms with E-state index in [2.05, 4.69) is 10.4 Å². The third-order valence-electron chi connectivity index (χ3n) is 9.99. The molecule has 2 aliphatic rings. The van der Waals surface area contributed by atoms with Gasteiger partial charge in [0.2, 0.25) is 15.9 Å². The Morgan fingerprint density at radius 2 is 1.70 bits per heavy atom. The van der Waals surface area contributed by atoms with Gasteiger partial charge in [-0.15, -0.1) is 0 Å². The molecule has 1 saturated carbocycles. The van der Waals surface area contributed by atoms with Crippen LogP contribution in [0.4, 0.5) is 8.78 Å². The van der Waals surface area contributed by atoms with Crippen molar-refractivity contribution in [3.05, 3.63) is 136 Å². The fourth-order valence-electron chi connectivity index (χ4n) is 7.06. The zero-order valence-electron chi connectivity index (χ0n) is 30.4. The molecular formula is C41H38F2N6O6S. The normalized spacial score (nSPS) is 15.5. The number of carbonyl (C=O) groups excluding carboxylic acids is 1. The summed E-state index contributed by atoms with van der Waals surface area (Å²) in [7, 11) is -2.30. The smallest absolute Gasteiger partial charge is 0.266 e. The molecule has 2 fully saturated rings. The minimum atomic E-state index is -3.86. The van der Waals surface area contributed by atoms with Crippen molar-refractivity contribution in [3.8, 4) is 22.6 Å². The van der Waals surface area contributed by atoms with Crippen LogP contribution in [0.5, 0.6) is 5.75 Å². The Bertz CT molecular complexity index is 2580. The van der Waals surface area contributed by atoms with E-state index in [1.807, 2.05) is 30.3 Å². The van der Waals surface area contributed by atoms with Crippen molar-refractivity contribution in [2.24, 2.45) is 0 Å². The Balaban J connectivity index is 1.26. The van der Waals surface area contributed by atoms with Gasteiger partial charge in [-0.2, -0.15) is 9.40 Å². The van der Waals surface area contributed by atoms with Crippen LogP contribution in [0.3, 0.4) is 0 Å². The predicted octanol–water partition coefficient (Wildman–Crippen LogP) is 5.53. The number of rotatable bonds is 12. The number of benzene rings is 4. The highest BCUT2D eigenvalue weighted by Gasteiger charge is 2.29. The maximum Gasteiger partial charge on any atom is 0.266 e. The summed E-state index contributed by atoms with van der Waals surface area (Å²) in [6.45, 7) is 0.817. The first-order valence-electron chi connectivity index (χ1n) is 18.2. The van der Waals surface area contributed by atoms with Crippen LogP contribution in [0.25, 0.3) is 27.7 Å². The number of sulfonamides is 1. The lowest BCUT2D eigenvalue weighted by atomic mass is 10.0. The summed E-state index contributed by atoms with van der Waals surface area (Å²) in [5.41, 5.74) is 2.62. The van der Waals surface area contributed by atoms with Crippen LogP contribution in [0.1, 0.15) is 41.9 Å². The quantitative estimate of drug-likeness (QED) is 0.171. The Morgan fingerprint density at radius 3 is 2.41 bits per heavy atom. The molecule has 0 bridgehead atoms. The number of ether oxygens (including phenoxy) is 2. The van der Waals surface area contributed by atoms with Crippen molar-refractivity contribution in [2.75, 3.05) is 33.4 Å². The minimum absolute atomic E-state index is 0.0258. The van der Waals surface area contributed by atoms with E-state index in [0.29, 0.717) is 22.7 Å². The molecular weight excluding hydrogens is 743 g/mol. The Morgan fingerprint density at radius 1 is 0.964 bits per heavy atom. The van der Waals surface area contributed by atoms with Crippen molar-refractivity contribution in [1.82, 2.24) is 29.0 Å². The minimum Gasteiger partial charge on any atom is -0.496 e. The van der Waals surface area contributed by atoms with Gasteiger partial charge in [0.05, 0.1) is 53.5 Å². The molecule has 1 atom stereocenters. The van der Waals surface area contributed by atoms with Gasteiger partial charge in [-0.25, -0.2) is 22.2 Å². The number of para-hydroxylation sites is 1. The van der Waals surface area contributed by atoms with Crippen LogP contribution < -0.4 is 15.6 Å². The first-order valence-corrected chi connectivity index (χ1v) is 19.7. The summed E-state index contributed by atoms with van der Waals surface area (Å²) >= 11 is 0.